The molecule has 31 heavy (non-hydrogen) atoms. The minimum atomic E-state index is -0.764. The van der Waals surface area contributed by atoms with Crippen LogP contribution < -0.4 is 10.2 Å². The van der Waals surface area contributed by atoms with Crippen LogP contribution in [0.2, 0.25) is 0 Å². The minimum absolute atomic E-state index is 0.0536. The largest absolute Gasteiger partial charge is 0.452 e. The maximum atomic E-state index is 12.3. The predicted molar refractivity (Wildman–Crippen MR) is 117 cm³/mol. The molecule has 0 radical (unpaired) electrons. The van der Waals surface area contributed by atoms with Gasteiger partial charge in [-0.3, -0.25) is 14.9 Å². The number of ether oxygens (including phenoxy) is 1. The third kappa shape index (κ3) is 6.04. The second-order valence-electron chi connectivity index (χ2n) is 7.70. The van der Waals surface area contributed by atoms with E-state index in [-0.39, 0.29) is 17.2 Å². The molecule has 0 unspecified atom stereocenters. The van der Waals surface area contributed by atoms with Crippen molar-refractivity contribution in [1.29, 1.82) is 0 Å². The standard InChI is InChI=1S/C23H27N3O5/c1-17(18-8-4-2-5-9-18)15-24-22(27)16-31-23(28)19-10-11-20(21(14-19)26(29)30)25-12-6-3-7-13-25/h2,4-5,8-11,14,17H,3,6-7,12-13,15-16H2,1H3,(H,24,27)/t17-/m0/s1. The van der Waals surface area contributed by atoms with E-state index >= 15 is 0 Å². The van der Waals surface area contributed by atoms with E-state index in [1.165, 1.54) is 12.1 Å². The lowest BCUT2D eigenvalue weighted by Crippen LogP contribution is -2.31. The second-order valence-corrected chi connectivity index (χ2v) is 7.70. The SMILES string of the molecule is C[C@@H](CNC(=O)COC(=O)c1ccc(N2CCCCC2)c([N+](=O)[O-])c1)c1ccccc1. The van der Waals surface area contributed by atoms with Crippen molar-refractivity contribution in [2.45, 2.75) is 32.1 Å². The molecule has 164 valence electrons. The number of piperidine rings is 1. The van der Waals surface area contributed by atoms with Gasteiger partial charge in [0.1, 0.15) is 5.69 Å². The molecule has 1 saturated heterocycles. The Morgan fingerprint density at radius 2 is 1.84 bits per heavy atom. The zero-order valence-electron chi connectivity index (χ0n) is 17.6. The Bertz CT molecular complexity index is 926. The lowest BCUT2D eigenvalue weighted by molar-refractivity contribution is -0.384. The molecule has 2 aromatic carbocycles. The van der Waals surface area contributed by atoms with Crippen LogP contribution in [-0.2, 0) is 9.53 Å². The van der Waals surface area contributed by atoms with Gasteiger partial charge >= 0.3 is 5.97 Å². The van der Waals surface area contributed by atoms with Crippen LogP contribution in [-0.4, -0.2) is 43.0 Å². The zero-order chi connectivity index (χ0) is 22.2. The van der Waals surface area contributed by atoms with Gasteiger partial charge in [0.15, 0.2) is 6.61 Å². The number of nitro benzene ring substituents is 1. The Hall–Kier alpha value is -3.42. The van der Waals surface area contributed by atoms with Gasteiger partial charge in [-0.05, 0) is 42.9 Å². The summed E-state index contributed by atoms with van der Waals surface area (Å²) in [4.78, 5) is 37.4. The molecule has 1 fully saturated rings. The number of hydrogen-bond acceptors (Lipinski definition) is 6. The predicted octanol–water partition coefficient (Wildman–Crippen LogP) is 3.66. The third-order valence-electron chi connectivity index (χ3n) is 5.41. The average Bonchev–Trinajstić information content (AvgIpc) is 2.81. The number of amides is 1. The van der Waals surface area contributed by atoms with Crippen LogP contribution in [0.3, 0.4) is 0 Å². The topological polar surface area (TPSA) is 102 Å². The molecule has 0 aliphatic carbocycles. The quantitative estimate of drug-likeness (QED) is 0.393. The minimum Gasteiger partial charge on any atom is -0.452 e. The monoisotopic (exact) mass is 425 g/mol. The first-order valence-corrected chi connectivity index (χ1v) is 10.5. The Labute approximate surface area is 181 Å². The van der Waals surface area contributed by atoms with Gasteiger partial charge in [-0.25, -0.2) is 4.79 Å². The number of nitrogens with one attached hydrogen (secondary N) is 1. The van der Waals surface area contributed by atoms with E-state index in [0.717, 1.165) is 37.9 Å². The van der Waals surface area contributed by atoms with Crippen LogP contribution >= 0.6 is 0 Å². The van der Waals surface area contributed by atoms with Gasteiger partial charge in [-0.15, -0.1) is 0 Å². The van der Waals surface area contributed by atoms with Gasteiger partial charge in [-0.2, -0.15) is 0 Å². The highest BCUT2D eigenvalue weighted by Gasteiger charge is 2.23. The first-order valence-electron chi connectivity index (χ1n) is 10.5. The van der Waals surface area contributed by atoms with E-state index < -0.39 is 23.4 Å². The summed E-state index contributed by atoms with van der Waals surface area (Å²) in [6.07, 6.45) is 3.08. The van der Waals surface area contributed by atoms with Crippen molar-refractivity contribution < 1.29 is 19.2 Å². The van der Waals surface area contributed by atoms with E-state index in [1.54, 1.807) is 6.07 Å². The molecule has 0 spiro atoms. The van der Waals surface area contributed by atoms with Crippen molar-refractivity contribution in [1.82, 2.24) is 5.32 Å². The number of nitro groups is 1. The van der Waals surface area contributed by atoms with E-state index in [2.05, 4.69) is 5.32 Å². The summed E-state index contributed by atoms with van der Waals surface area (Å²) in [7, 11) is 0. The summed E-state index contributed by atoms with van der Waals surface area (Å²) in [6, 6.07) is 14.1. The Kier molecular flexibility index (Phi) is 7.59. The maximum Gasteiger partial charge on any atom is 0.338 e. The van der Waals surface area contributed by atoms with Crippen molar-refractivity contribution in [3.8, 4) is 0 Å². The summed E-state index contributed by atoms with van der Waals surface area (Å²) < 4.78 is 5.06. The van der Waals surface area contributed by atoms with Gasteiger partial charge in [0.2, 0.25) is 0 Å². The Balaban J connectivity index is 1.55. The molecule has 0 saturated carbocycles. The highest BCUT2D eigenvalue weighted by atomic mass is 16.6. The van der Waals surface area contributed by atoms with Gasteiger partial charge in [-0.1, -0.05) is 37.3 Å². The van der Waals surface area contributed by atoms with Gasteiger partial charge in [0.25, 0.3) is 11.6 Å². The van der Waals surface area contributed by atoms with Crippen LogP contribution in [0.1, 0.15) is 48.0 Å². The highest BCUT2D eigenvalue weighted by molar-refractivity contribution is 5.93. The number of hydrogen-bond donors (Lipinski definition) is 1. The Morgan fingerprint density at radius 3 is 2.52 bits per heavy atom. The number of anilines is 1. The number of benzene rings is 2. The molecule has 1 amide bonds. The van der Waals surface area contributed by atoms with Crippen molar-refractivity contribution >= 4 is 23.3 Å². The van der Waals surface area contributed by atoms with Gasteiger partial charge in [0.05, 0.1) is 10.5 Å². The van der Waals surface area contributed by atoms with Crippen molar-refractivity contribution in [3.63, 3.8) is 0 Å². The van der Waals surface area contributed by atoms with E-state index in [4.69, 9.17) is 4.74 Å². The molecule has 1 N–H and O–H groups in total. The summed E-state index contributed by atoms with van der Waals surface area (Å²) >= 11 is 0. The lowest BCUT2D eigenvalue weighted by Gasteiger charge is -2.28. The summed E-state index contributed by atoms with van der Waals surface area (Å²) in [6.45, 7) is 3.47. The van der Waals surface area contributed by atoms with Gasteiger partial charge < -0.3 is 15.0 Å². The molecule has 1 aliphatic rings. The zero-order valence-corrected chi connectivity index (χ0v) is 17.6. The number of carbonyl (C=O) groups is 2. The summed E-state index contributed by atoms with van der Waals surface area (Å²) in [5, 5.41) is 14.3. The third-order valence-corrected chi connectivity index (χ3v) is 5.41. The molecule has 3 rings (SSSR count). The van der Waals surface area contributed by atoms with E-state index in [9.17, 15) is 19.7 Å². The molecule has 0 bridgehead atoms. The average molecular weight is 425 g/mol. The fourth-order valence-corrected chi connectivity index (χ4v) is 3.63. The second kappa shape index (κ2) is 10.6. The van der Waals surface area contributed by atoms with Crippen molar-refractivity contribution in [2.24, 2.45) is 0 Å². The van der Waals surface area contributed by atoms with Gasteiger partial charge in [0, 0.05) is 25.7 Å². The molecular weight excluding hydrogens is 398 g/mol. The van der Waals surface area contributed by atoms with Crippen LogP contribution in [0, 0.1) is 10.1 Å². The fourth-order valence-electron chi connectivity index (χ4n) is 3.63. The summed E-state index contributed by atoms with van der Waals surface area (Å²) in [5.41, 5.74) is 1.53. The van der Waals surface area contributed by atoms with E-state index in [0.29, 0.717) is 12.2 Å². The maximum absolute atomic E-state index is 12.3. The number of carbonyl (C=O) groups excluding carboxylic acids is 2. The lowest BCUT2D eigenvalue weighted by atomic mass is 10.0. The van der Waals surface area contributed by atoms with E-state index in [1.807, 2.05) is 42.2 Å². The molecule has 0 aromatic heterocycles. The molecule has 8 heteroatoms. The Morgan fingerprint density at radius 1 is 1.13 bits per heavy atom. The molecular formula is C23H27N3O5. The fraction of sp³-hybridized carbons (Fsp3) is 0.391. The number of rotatable bonds is 8. The molecule has 1 atom stereocenters. The van der Waals surface area contributed by atoms with Crippen LogP contribution in [0.25, 0.3) is 0 Å². The molecule has 2 aromatic rings. The number of esters is 1. The normalized spacial score (nSPS) is 14.5. The van der Waals surface area contributed by atoms with Crippen LogP contribution in [0.15, 0.2) is 48.5 Å². The highest BCUT2D eigenvalue weighted by Crippen LogP contribution is 2.31. The smallest absolute Gasteiger partial charge is 0.338 e. The summed E-state index contributed by atoms with van der Waals surface area (Å²) in [5.74, 6) is -1.07. The molecule has 1 heterocycles. The molecule has 1 aliphatic heterocycles. The van der Waals surface area contributed by atoms with Crippen LogP contribution in [0.5, 0.6) is 0 Å². The number of nitrogens with zero attached hydrogens (tertiary/aromatic N) is 2. The first kappa shape index (κ1) is 22.3. The first-order chi connectivity index (χ1) is 15.0. The molecule has 8 nitrogen and oxygen atoms in total. The van der Waals surface area contributed by atoms with Crippen molar-refractivity contribution in [2.75, 3.05) is 31.1 Å². The van der Waals surface area contributed by atoms with Crippen molar-refractivity contribution in [3.05, 3.63) is 69.8 Å². The van der Waals surface area contributed by atoms with Crippen LogP contribution in [0.4, 0.5) is 11.4 Å².